The predicted octanol–water partition coefficient (Wildman–Crippen LogP) is 2.98. The molecule has 0 saturated heterocycles. The summed E-state index contributed by atoms with van der Waals surface area (Å²) in [7, 11) is -3.67. The van der Waals surface area contributed by atoms with Crippen molar-refractivity contribution in [2.75, 3.05) is 22.1 Å². The van der Waals surface area contributed by atoms with E-state index in [4.69, 9.17) is 0 Å². The van der Waals surface area contributed by atoms with Crippen molar-refractivity contribution < 1.29 is 22.4 Å². The highest BCUT2D eigenvalue weighted by Gasteiger charge is 2.21. The Morgan fingerprint density at radius 1 is 1.26 bits per heavy atom. The molecule has 0 radical (unpaired) electrons. The van der Waals surface area contributed by atoms with Crippen LogP contribution >= 0.6 is 11.8 Å². The van der Waals surface area contributed by atoms with Gasteiger partial charge in [-0.15, -0.1) is 11.8 Å². The molecule has 9 heteroatoms. The van der Waals surface area contributed by atoms with E-state index in [1.807, 2.05) is 0 Å². The van der Waals surface area contributed by atoms with Crippen LogP contribution in [0.5, 0.6) is 0 Å². The summed E-state index contributed by atoms with van der Waals surface area (Å²) in [5.74, 6) is -1.23. The molecule has 0 aliphatic carbocycles. The molecule has 0 aromatic heterocycles. The van der Waals surface area contributed by atoms with Crippen LogP contribution in [-0.2, 0) is 19.4 Å². The predicted molar refractivity (Wildman–Crippen MR) is 102 cm³/mol. The molecule has 2 aromatic carbocycles. The average molecular weight is 408 g/mol. The van der Waals surface area contributed by atoms with Gasteiger partial charge in [-0.25, -0.2) is 12.8 Å². The van der Waals surface area contributed by atoms with Gasteiger partial charge < -0.3 is 10.6 Å². The smallest absolute Gasteiger partial charge is 0.234 e. The maximum absolute atomic E-state index is 13.5. The SMILES string of the molecule is Cc1ccc(NC(=O)CCS(=O)(=O)c2ccc3c(c2)SCC(=O)N3)cc1F. The second-order valence-electron chi connectivity index (χ2n) is 6.08. The molecular formula is C18H17FN2O4S2. The fourth-order valence-corrected chi connectivity index (χ4v) is 4.67. The number of anilines is 2. The van der Waals surface area contributed by atoms with Gasteiger partial charge in [0.2, 0.25) is 11.8 Å². The molecule has 2 aromatic rings. The average Bonchev–Trinajstić information content (AvgIpc) is 2.62. The first-order valence-corrected chi connectivity index (χ1v) is 10.7. The van der Waals surface area contributed by atoms with Gasteiger partial charge in [-0.1, -0.05) is 6.07 Å². The van der Waals surface area contributed by atoms with Crippen LogP contribution in [0.4, 0.5) is 15.8 Å². The van der Waals surface area contributed by atoms with Crippen LogP contribution in [0, 0.1) is 12.7 Å². The van der Waals surface area contributed by atoms with E-state index in [0.29, 0.717) is 16.1 Å². The Morgan fingerprint density at radius 2 is 2.04 bits per heavy atom. The number of hydrogen-bond acceptors (Lipinski definition) is 5. The van der Waals surface area contributed by atoms with Crippen molar-refractivity contribution in [3.05, 3.63) is 47.8 Å². The van der Waals surface area contributed by atoms with Gasteiger partial charge >= 0.3 is 0 Å². The van der Waals surface area contributed by atoms with E-state index in [9.17, 15) is 22.4 Å². The molecule has 0 atom stereocenters. The van der Waals surface area contributed by atoms with Crippen molar-refractivity contribution in [1.82, 2.24) is 0 Å². The topological polar surface area (TPSA) is 92.3 Å². The molecule has 1 aliphatic heterocycles. The Bertz CT molecular complexity index is 1020. The van der Waals surface area contributed by atoms with Crippen LogP contribution in [0.1, 0.15) is 12.0 Å². The summed E-state index contributed by atoms with van der Waals surface area (Å²) in [4.78, 5) is 24.1. The molecule has 0 saturated carbocycles. The molecule has 2 N–H and O–H groups in total. The number of hydrogen-bond donors (Lipinski definition) is 2. The standard InChI is InChI=1S/C18H17FN2O4S2/c1-11-2-3-12(8-14(11)19)20-17(22)6-7-27(24,25)13-4-5-15-16(9-13)26-10-18(23)21-15/h2-5,8-9H,6-7,10H2,1H3,(H,20,22)(H,21,23). The lowest BCUT2D eigenvalue weighted by molar-refractivity contribution is -0.116. The third kappa shape index (κ3) is 4.67. The third-order valence-corrected chi connectivity index (χ3v) is 6.77. The second-order valence-corrected chi connectivity index (χ2v) is 9.20. The van der Waals surface area contributed by atoms with E-state index in [1.54, 1.807) is 19.1 Å². The summed E-state index contributed by atoms with van der Waals surface area (Å²) in [6.45, 7) is 1.61. The minimum absolute atomic E-state index is 0.0964. The van der Waals surface area contributed by atoms with Crippen molar-refractivity contribution in [3.63, 3.8) is 0 Å². The number of thioether (sulfide) groups is 1. The molecule has 142 valence electrons. The van der Waals surface area contributed by atoms with Crippen molar-refractivity contribution in [1.29, 1.82) is 0 Å². The molecule has 1 aliphatic rings. The monoisotopic (exact) mass is 408 g/mol. The van der Waals surface area contributed by atoms with Gasteiger partial charge in [0.25, 0.3) is 0 Å². The summed E-state index contributed by atoms with van der Waals surface area (Å²) in [5.41, 5.74) is 1.31. The zero-order valence-corrected chi connectivity index (χ0v) is 16.0. The molecule has 0 fully saturated rings. The summed E-state index contributed by atoms with van der Waals surface area (Å²) in [6, 6.07) is 8.73. The maximum Gasteiger partial charge on any atom is 0.234 e. The van der Waals surface area contributed by atoms with E-state index in [0.717, 1.165) is 0 Å². The van der Waals surface area contributed by atoms with E-state index in [-0.39, 0.29) is 34.4 Å². The number of halogens is 1. The molecule has 2 amide bonds. The first-order chi connectivity index (χ1) is 12.7. The van der Waals surface area contributed by atoms with E-state index >= 15 is 0 Å². The molecular weight excluding hydrogens is 391 g/mol. The maximum atomic E-state index is 13.5. The van der Waals surface area contributed by atoms with Gasteiger partial charge in [0.1, 0.15) is 5.82 Å². The Labute approximate surface area is 160 Å². The van der Waals surface area contributed by atoms with Gasteiger partial charge in [-0.2, -0.15) is 0 Å². The molecule has 0 spiro atoms. The Hall–Kier alpha value is -2.39. The zero-order chi connectivity index (χ0) is 19.6. The first kappa shape index (κ1) is 19.4. The molecule has 0 unspecified atom stereocenters. The van der Waals surface area contributed by atoms with E-state index in [1.165, 1.54) is 36.0 Å². The number of amides is 2. The van der Waals surface area contributed by atoms with Gasteiger partial charge in [-0.3, -0.25) is 9.59 Å². The van der Waals surface area contributed by atoms with E-state index in [2.05, 4.69) is 10.6 Å². The van der Waals surface area contributed by atoms with Gasteiger partial charge in [0.05, 0.1) is 22.1 Å². The van der Waals surface area contributed by atoms with Gasteiger partial charge in [-0.05, 0) is 42.8 Å². The van der Waals surface area contributed by atoms with Crippen molar-refractivity contribution in [2.24, 2.45) is 0 Å². The lowest BCUT2D eigenvalue weighted by Crippen LogP contribution is -2.20. The van der Waals surface area contributed by atoms with Crippen molar-refractivity contribution in [2.45, 2.75) is 23.1 Å². The fraction of sp³-hybridized carbons (Fsp3) is 0.222. The summed E-state index contributed by atoms with van der Waals surface area (Å²) in [5, 5.41) is 5.17. The number of sulfone groups is 1. The number of benzene rings is 2. The zero-order valence-electron chi connectivity index (χ0n) is 14.4. The van der Waals surface area contributed by atoms with Gasteiger partial charge in [0.15, 0.2) is 9.84 Å². The fourth-order valence-electron chi connectivity index (χ4n) is 2.49. The third-order valence-electron chi connectivity index (χ3n) is 4.00. The molecule has 3 rings (SSSR count). The van der Waals surface area contributed by atoms with Crippen LogP contribution in [0.3, 0.4) is 0 Å². The largest absolute Gasteiger partial charge is 0.326 e. The van der Waals surface area contributed by atoms with Crippen molar-refractivity contribution in [3.8, 4) is 0 Å². The number of nitrogens with one attached hydrogen (secondary N) is 2. The summed E-state index contributed by atoms with van der Waals surface area (Å²) < 4.78 is 38.5. The lowest BCUT2D eigenvalue weighted by atomic mass is 10.2. The number of carbonyl (C=O) groups excluding carboxylic acids is 2. The second kappa shape index (κ2) is 7.69. The first-order valence-electron chi connectivity index (χ1n) is 8.10. The van der Waals surface area contributed by atoms with E-state index < -0.39 is 21.6 Å². The molecule has 6 nitrogen and oxygen atoms in total. The van der Waals surface area contributed by atoms with Crippen LogP contribution in [-0.4, -0.2) is 31.7 Å². The number of rotatable bonds is 5. The molecule has 0 bridgehead atoms. The highest BCUT2D eigenvalue weighted by atomic mass is 32.2. The normalized spacial score (nSPS) is 13.6. The molecule has 1 heterocycles. The van der Waals surface area contributed by atoms with Crippen molar-refractivity contribution >= 4 is 44.8 Å². The minimum Gasteiger partial charge on any atom is -0.326 e. The number of carbonyl (C=O) groups is 2. The highest BCUT2D eigenvalue weighted by Crippen LogP contribution is 2.33. The quantitative estimate of drug-likeness (QED) is 0.794. The van der Waals surface area contributed by atoms with Crippen LogP contribution in [0.25, 0.3) is 0 Å². The Balaban J connectivity index is 1.65. The van der Waals surface area contributed by atoms with Crippen LogP contribution < -0.4 is 10.6 Å². The Morgan fingerprint density at radius 3 is 2.78 bits per heavy atom. The molecule has 27 heavy (non-hydrogen) atoms. The summed E-state index contributed by atoms with van der Waals surface area (Å²) >= 11 is 1.26. The van der Waals surface area contributed by atoms with Crippen LogP contribution in [0.15, 0.2) is 46.2 Å². The number of fused-ring (bicyclic) bond motifs is 1. The van der Waals surface area contributed by atoms with Crippen LogP contribution in [0.2, 0.25) is 0 Å². The minimum atomic E-state index is -3.67. The number of aryl methyl sites for hydroxylation is 1. The van der Waals surface area contributed by atoms with Gasteiger partial charge in [0, 0.05) is 17.0 Å². The Kier molecular flexibility index (Phi) is 5.52. The lowest BCUT2D eigenvalue weighted by Gasteiger charge is -2.17. The highest BCUT2D eigenvalue weighted by molar-refractivity contribution is 8.00. The summed E-state index contributed by atoms with van der Waals surface area (Å²) in [6.07, 6.45) is -0.251.